The molecule has 0 spiro atoms. The van der Waals surface area contributed by atoms with E-state index in [9.17, 15) is 19.5 Å². The Morgan fingerprint density at radius 2 is 1.83 bits per heavy atom. The number of aliphatic carboxylic acids is 1. The zero-order valence-corrected chi connectivity index (χ0v) is 21.5. The van der Waals surface area contributed by atoms with E-state index in [1.54, 1.807) is 18.2 Å². The Balaban J connectivity index is 1.32. The first-order valence-electron chi connectivity index (χ1n) is 11.6. The third-order valence-corrected chi connectivity index (χ3v) is 7.84. The predicted molar refractivity (Wildman–Crippen MR) is 143 cm³/mol. The molecular formula is C26H27N3O5S2. The molecule has 3 atom stereocenters. The Morgan fingerprint density at radius 1 is 1.11 bits per heavy atom. The number of allylic oxidation sites excluding steroid dienone is 2. The van der Waals surface area contributed by atoms with Crippen molar-refractivity contribution in [2.75, 3.05) is 17.2 Å². The largest absolute Gasteiger partial charge is 0.494 e. The van der Waals surface area contributed by atoms with E-state index in [1.165, 1.54) is 23.1 Å². The summed E-state index contributed by atoms with van der Waals surface area (Å²) >= 11 is 2.79. The summed E-state index contributed by atoms with van der Waals surface area (Å²) in [7, 11) is 0. The van der Waals surface area contributed by atoms with Crippen molar-refractivity contribution < 1.29 is 24.2 Å². The molecule has 2 aromatic carbocycles. The highest BCUT2D eigenvalue weighted by Crippen LogP contribution is 2.31. The van der Waals surface area contributed by atoms with Crippen molar-refractivity contribution in [3.8, 4) is 5.75 Å². The molecule has 0 bridgehead atoms. The monoisotopic (exact) mass is 525 g/mol. The van der Waals surface area contributed by atoms with Crippen molar-refractivity contribution in [1.82, 2.24) is 4.98 Å². The Hall–Kier alpha value is -3.37. The number of nitrogens with zero attached hydrogens (tertiary/aromatic N) is 1. The van der Waals surface area contributed by atoms with Gasteiger partial charge in [0.15, 0.2) is 5.13 Å². The molecule has 1 aliphatic rings. The summed E-state index contributed by atoms with van der Waals surface area (Å²) in [5.74, 6) is -1.97. The number of carbonyl (C=O) groups excluding carboxylic acids is 2. The predicted octanol–water partition coefficient (Wildman–Crippen LogP) is 5.42. The van der Waals surface area contributed by atoms with Crippen LogP contribution in [0.3, 0.4) is 0 Å². The first-order valence-corrected chi connectivity index (χ1v) is 13.3. The number of aromatic nitrogens is 1. The van der Waals surface area contributed by atoms with Crippen molar-refractivity contribution in [2.45, 2.75) is 36.8 Å². The van der Waals surface area contributed by atoms with Crippen LogP contribution >= 0.6 is 23.1 Å². The highest BCUT2D eigenvalue weighted by molar-refractivity contribution is 8.00. The van der Waals surface area contributed by atoms with Gasteiger partial charge in [-0.1, -0.05) is 23.5 Å². The number of hydrogen-bond acceptors (Lipinski definition) is 7. The van der Waals surface area contributed by atoms with Crippen molar-refractivity contribution in [1.29, 1.82) is 0 Å². The number of carbonyl (C=O) groups is 3. The molecule has 8 nitrogen and oxygen atoms in total. The average Bonchev–Trinajstić information content (AvgIpc) is 3.26. The lowest BCUT2D eigenvalue weighted by Crippen LogP contribution is -2.34. The lowest BCUT2D eigenvalue weighted by molar-refractivity contribution is -0.146. The number of carboxylic acids is 1. The highest BCUT2D eigenvalue weighted by Gasteiger charge is 2.33. The van der Waals surface area contributed by atoms with Crippen LogP contribution in [-0.4, -0.2) is 39.7 Å². The first kappa shape index (κ1) is 25.7. The minimum atomic E-state index is -0.959. The molecular weight excluding hydrogens is 498 g/mol. The third-order valence-electron chi connectivity index (χ3n) is 5.79. The van der Waals surface area contributed by atoms with Gasteiger partial charge < -0.3 is 20.5 Å². The number of ether oxygens (including phenoxy) is 1. The van der Waals surface area contributed by atoms with E-state index in [1.807, 2.05) is 50.3 Å². The van der Waals surface area contributed by atoms with E-state index in [0.29, 0.717) is 30.3 Å². The van der Waals surface area contributed by atoms with Gasteiger partial charge in [-0.05, 0) is 69.2 Å². The highest BCUT2D eigenvalue weighted by atomic mass is 32.2. The number of thioether (sulfide) groups is 1. The second kappa shape index (κ2) is 11.6. The Kier molecular flexibility index (Phi) is 8.27. The summed E-state index contributed by atoms with van der Waals surface area (Å²) in [5, 5.41) is 15.3. The van der Waals surface area contributed by atoms with Crippen LogP contribution in [0.5, 0.6) is 5.75 Å². The fourth-order valence-corrected chi connectivity index (χ4v) is 5.67. The smallest absolute Gasteiger partial charge is 0.307 e. The van der Waals surface area contributed by atoms with Crippen LogP contribution in [-0.2, 0) is 14.4 Å². The summed E-state index contributed by atoms with van der Waals surface area (Å²) in [6, 6.07) is 12.8. The van der Waals surface area contributed by atoms with Gasteiger partial charge in [-0.15, -0.1) is 11.8 Å². The molecule has 1 heterocycles. The number of nitrogens with one attached hydrogen (secondary N) is 2. The molecule has 3 aromatic rings. The number of rotatable bonds is 9. The SMILES string of the molecule is CCOc1ccc2nc(NC(=O)C(C)Sc3ccc(NC(=O)C4CC=CCC4C(=O)O)cc3)sc2c1. The standard InChI is InChI=1S/C26H27N3O5S2/c1-3-34-17-10-13-21-22(14-17)36-26(28-21)29-23(30)15(2)35-18-11-8-16(9-12-18)27-24(31)19-6-4-5-7-20(19)25(32)33/h4-5,8-15,19-20H,3,6-7H2,1-2H3,(H,27,31)(H,32,33)(H,28,29,30). The number of amides is 2. The van der Waals surface area contributed by atoms with Gasteiger partial charge in [-0.25, -0.2) is 4.98 Å². The van der Waals surface area contributed by atoms with Gasteiger partial charge in [0.25, 0.3) is 0 Å². The molecule has 0 aliphatic heterocycles. The lowest BCUT2D eigenvalue weighted by Gasteiger charge is -2.24. The zero-order valence-electron chi connectivity index (χ0n) is 19.9. The van der Waals surface area contributed by atoms with E-state index in [0.717, 1.165) is 20.9 Å². The molecule has 36 heavy (non-hydrogen) atoms. The molecule has 3 unspecified atom stereocenters. The maximum Gasteiger partial charge on any atom is 0.307 e. The van der Waals surface area contributed by atoms with E-state index < -0.39 is 17.8 Å². The van der Waals surface area contributed by atoms with E-state index in [4.69, 9.17) is 4.74 Å². The quantitative estimate of drug-likeness (QED) is 0.252. The molecule has 188 valence electrons. The number of hydrogen-bond donors (Lipinski definition) is 3. The molecule has 1 aromatic heterocycles. The van der Waals surface area contributed by atoms with Crippen LogP contribution in [0, 0.1) is 11.8 Å². The van der Waals surface area contributed by atoms with Gasteiger partial charge in [0.2, 0.25) is 11.8 Å². The molecule has 0 saturated heterocycles. The number of benzene rings is 2. The van der Waals surface area contributed by atoms with Crippen molar-refractivity contribution >= 4 is 61.9 Å². The molecule has 2 amide bonds. The number of thiazole rings is 1. The van der Waals surface area contributed by atoms with Gasteiger partial charge in [0.05, 0.1) is 33.9 Å². The Labute approximate surface area is 217 Å². The van der Waals surface area contributed by atoms with E-state index in [2.05, 4.69) is 15.6 Å². The van der Waals surface area contributed by atoms with Gasteiger partial charge in [-0.2, -0.15) is 0 Å². The van der Waals surface area contributed by atoms with E-state index in [-0.39, 0.29) is 17.1 Å². The van der Waals surface area contributed by atoms with Gasteiger partial charge in [0.1, 0.15) is 5.75 Å². The summed E-state index contributed by atoms with van der Waals surface area (Å²) in [5.41, 5.74) is 1.39. The number of fused-ring (bicyclic) bond motifs is 1. The van der Waals surface area contributed by atoms with Crippen molar-refractivity contribution in [3.63, 3.8) is 0 Å². The molecule has 4 rings (SSSR count). The maximum atomic E-state index is 12.7. The van der Waals surface area contributed by atoms with Crippen LogP contribution in [0.15, 0.2) is 59.5 Å². The lowest BCUT2D eigenvalue weighted by atomic mass is 9.82. The molecule has 1 aliphatic carbocycles. The van der Waals surface area contributed by atoms with Crippen LogP contribution in [0.2, 0.25) is 0 Å². The third kappa shape index (κ3) is 6.24. The minimum Gasteiger partial charge on any atom is -0.494 e. The normalized spacial score (nSPS) is 17.9. The zero-order chi connectivity index (χ0) is 25.7. The topological polar surface area (TPSA) is 118 Å². The number of anilines is 2. The van der Waals surface area contributed by atoms with Gasteiger partial charge in [-0.3, -0.25) is 14.4 Å². The molecule has 0 saturated carbocycles. The van der Waals surface area contributed by atoms with Crippen molar-refractivity contribution in [3.05, 3.63) is 54.6 Å². The molecule has 10 heteroatoms. The summed E-state index contributed by atoms with van der Waals surface area (Å²) in [6.07, 6.45) is 4.42. The summed E-state index contributed by atoms with van der Waals surface area (Å²) < 4.78 is 6.46. The first-order chi connectivity index (χ1) is 17.3. The van der Waals surface area contributed by atoms with Gasteiger partial charge in [0, 0.05) is 10.6 Å². The fourth-order valence-electron chi connectivity index (χ4n) is 3.91. The second-order valence-electron chi connectivity index (χ2n) is 8.34. The van der Waals surface area contributed by atoms with Crippen LogP contribution in [0.1, 0.15) is 26.7 Å². The molecule has 3 N–H and O–H groups in total. The number of carboxylic acid groups (broad SMARTS) is 1. The summed E-state index contributed by atoms with van der Waals surface area (Å²) in [4.78, 5) is 42.2. The van der Waals surface area contributed by atoms with Crippen LogP contribution in [0.25, 0.3) is 10.2 Å². The van der Waals surface area contributed by atoms with Crippen LogP contribution in [0.4, 0.5) is 10.8 Å². The maximum absolute atomic E-state index is 12.7. The molecule has 0 radical (unpaired) electrons. The van der Waals surface area contributed by atoms with Gasteiger partial charge >= 0.3 is 5.97 Å². The second-order valence-corrected chi connectivity index (χ2v) is 10.8. The molecule has 0 fully saturated rings. The Morgan fingerprint density at radius 3 is 2.53 bits per heavy atom. The van der Waals surface area contributed by atoms with E-state index >= 15 is 0 Å². The van der Waals surface area contributed by atoms with Crippen LogP contribution < -0.4 is 15.4 Å². The van der Waals surface area contributed by atoms with Crippen molar-refractivity contribution in [2.24, 2.45) is 11.8 Å². The Bertz CT molecular complexity index is 1290. The summed E-state index contributed by atoms with van der Waals surface area (Å²) in [6.45, 7) is 4.33. The average molecular weight is 526 g/mol. The fraction of sp³-hybridized carbons (Fsp3) is 0.308. The minimum absolute atomic E-state index is 0.161.